The average molecular weight is 366 g/mol. The Morgan fingerprint density at radius 3 is 2.64 bits per heavy atom. The second kappa shape index (κ2) is 6.67. The first-order valence-corrected chi connectivity index (χ1v) is 8.91. The largest absolute Gasteiger partial charge is 0.308 e. The van der Waals surface area contributed by atoms with Gasteiger partial charge in [0.2, 0.25) is 5.91 Å². The fraction of sp³-hybridized carbons (Fsp3) is 0.647. The van der Waals surface area contributed by atoms with Gasteiger partial charge in [0.15, 0.2) is 0 Å². The molecule has 0 spiro atoms. The number of anilines is 1. The molecule has 0 unspecified atom stereocenters. The zero-order valence-corrected chi connectivity index (χ0v) is 14.9. The van der Waals surface area contributed by atoms with Gasteiger partial charge in [0.05, 0.1) is 0 Å². The Bertz CT molecular complexity index is 531. The van der Waals surface area contributed by atoms with Crippen LogP contribution in [0.3, 0.4) is 0 Å². The summed E-state index contributed by atoms with van der Waals surface area (Å²) in [5.74, 6) is 2.66. The molecule has 2 bridgehead atoms. The average Bonchev–Trinajstić information content (AvgIpc) is 3.11. The van der Waals surface area contributed by atoms with Gasteiger partial charge in [-0.15, -0.1) is 0 Å². The molecule has 2 saturated carbocycles. The predicted octanol–water partition coefficient (Wildman–Crippen LogP) is 3.17. The predicted molar refractivity (Wildman–Crippen MR) is 91.8 cm³/mol. The Kier molecular flexibility index (Phi) is 4.83. The zero-order valence-electron chi connectivity index (χ0n) is 13.3. The number of nitrogens with zero attached hydrogens (tertiary/aromatic N) is 3. The van der Waals surface area contributed by atoms with E-state index in [0.29, 0.717) is 12.5 Å². The summed E-state index contributed by atoms with van der Waals surface area (Å²) in [5.41, 5.74) is 0. The first-order valence-electron chi connectivity index (χ1n) is 8.12. The van der Waals surface area contributed by atoms with Crippen molar-refractivity contribution in [3.63, 3.8) is 0 Å². The number of aromatic nitrogens is 1. The quantitative estimate of drug-likeness (QED) is 0.803. The molecule has 1 amide bonds. The second-order valence-corrected chi connectivity index (χ2v) is 7.82. The van der Waals surface area contributed by atoms with Crippen molar-refractivity contribution >= 4 is 27.7 Å². The number of likely N-dealkylation sites (N-methyl/N-ethyl adjacent to an activating group) is 1. The van der Waals surface area contributed by atoms with Crippen LogP contribution in [-0.2, 0) is 4.79 Å². The molecule has 1 heterocycles. The highest BCUT2D eigenvalue weighted by Gasteiger charge is 2.44. The van der Waals surface area contributed by atoms with E-state index in [1.54, 1.807) is 6.20 Å². The van der Waals surface area contributed by atoms with Crippen molar-refractivity contribution in [1.82, 2.24) is 9.88 Å². The normalized spacial score (nSPS) is 26.6. The monoisotopic (exact) mass is 365 g/mol. The number of hydrogen-bond acceptors (Lipinski definition) is 3. The highest BCUT2D eigenvalue weighted by molar-refractivity contribution is 9.10. The fourth-order valence-corrected chi connectivity index (χ4v) is 4.15. The second-order valence-electron chi connectivity index (χ2n) is 6.91. The van der Waals surface area contributed by atoms with Gasteiger partial charge < -0.3 is 4.90 Å². The standard InChI is InChI=1S/C17H24BrN3O/c1-20(2)7-8-21(16-6-5-14(18)11-19-16)17(22)15-10-12-3-4-13(15)9-12/h5-6,11-13,15H,3-4,7-10H2,1-2H3/t12-,13-,15+/m0/s1. The molecule has 120 valence electrons. The van der Waals surface area contributed by atoms with E-state index < -0.39 is 0 Å². The molecular formula is C17H24BrN3O. The zero-order chi connectivity index (χ0) is 15.7. The first kappa shape index (κ1) is 15.9. The summed E-state index contributed by atoms with van der Waals surface area (Å²) in [4.78, 5) is 21.6. The van der Waals surface area contributed by atoms with Crippen LogP contribution >= 0.6 is 15.9 Å². The highest BCUT2D eigenvalue weighted by Crippen LogP contribution is 2.49. The lowest BCUT2D eigenvalue weighted by atomic mass is 9.87. The molecule has 2 aliphatic rings. The fourth-order valence-electron chi connectivity index (χ4n) is 3.91. The Balaban J connectivity index is 1.78. The van der Waals surface area contributed by atoms with Gasteiger partial charge in [-0.2, -0.15) is 0 Å². The molecule has 0 aliphatic heterocycles. The van der Waals surface area contributed by atoms with E-state index in [9.17, 15) is 4.79 Å². The molecular weight excluding hydrogens is 342 g/mol. The summed E-state index contributed by atoms with van der Waals surface area (Å²) in [6.07, 6.45) is 6.66. The van der Waals surface area contributed by atoms with Crippen molar-refractivity contribution in [3.05, 3.63) is 22.8 Å². The molecule has 5 heteroatoms. The maximum Gasteiger partial charge on any atom is 0.231 e. The minimum Gasteiger partial charge on any atom is -0.308 e. The molecule has 2 fully saturated rings. The van der Waals surface area contributed by atoms with Crippen LogP contribution in [0.4, 0.5) is 5.82 Å². The molecule has 0 aromatic carbocycles. The van der Waals surface area contributed by atoms with Gasteiger partial charge in [-0.3, -0.25) is 9.69 Å². The molecule has 0 saturated heterocycles. The van der Waals surface area contributed by atoms with Crippen LogP contribution in [0, 0.1) is 17.8 Å². The smallest absolute Gasteiger partial charge is 0.231 e. The summed E-state index contributed by atoms with van der Waals surface area (Å²) >= 11 is 3.41. The van der Waals surface area contributed by atoms with Crippen LogP contribution in [0.5, 0.6) is 0 Å². The van der Waals surface area contributed by atoms with Crippen molar-refractivity contribution in [2.45, 2.75) is 25.7 Å². The van der Waals surface area contributed by atoms with Gasteiger partial charge in [-0.05, 0) is 73.3 Å². The number of amides is 1. The Labute approximate surface area is 141 Å². The van der Waals surface area contributed by atoms with E-state index >= 15 is 0 Å². The number of fused-ring (bicyclic) bond motifs is 2. The van der Waals surface area contributed by atoms with E-state index in [2.05, 4.69) is 25.8 Å². The van der Waals surface area contributed by atoms with Gasteiger partial charge in [0.1, 0.15) is 5.82 Å². The van der Waals surface area contributed by atoms with E-state index in [4.69, 9.17) is 0 Å². The molecule has 0 N–H and O–H groups in total. The minimum absolute atomic E-state index is 0.214. The number of pyridine rings is 1. The van der Waals surface area contributed by atoms with Crippen LogP contribution in [0.25, 0.3) is 0 Å². The third-order valence-corrected chi connectivity index (χ3v) is 5.55. The molecule has 1 aromatic heterocycles. The van der Waals surface area contributed by atoms with Crippen molar-refractivity contribution in [3.8, 4) is 0 Å². The van der Waals surface area contributed by atoms with Crippen molar-refractivity contribution in [2.75, 3.05) is 32.1 Å². The summed E-state index contributed by atoms with van der Waals surface area (Å²) < 4.78 is 0.941. The molecule has 3 atom stereocenters. The molecule has 0 radical (unpaired) electrons. The highest BCUT2D eigenvalue weighted by atomic mass is 79.9. The number of hydrogen-bond donors (Lipinski definition) is 0. The lowest BCUT2D eigenvalue weighted by molar-refractivity contribution is -0.124. The third-order valence-electron chi connectivity index (χ3n) is 5.08. The number of carbonyl (C=O) groups is 1. The van der Waals surface area contributed by atoms with E-state index in [1.165, 1.54) is 19.3 Å². The summed E-state index contributed by atoms with van der Waals surface area (Å²) in [5, 5.41) is 0. The minimum atomic E-state index is 0.214. The van der Waals surface area contributed by atoms with Crippen molar-refractivity contribution in [1.29, 1.82) is 0 Å². The summed E-state index contributed by atoms with van der Waals surface area (Å²) in [7, 11) is 4.07. The van der Waals surface area contributed by atoms with Crippen LogP contribution in [0.15, 0.2) is 22.8 Å². The molecule has 3 rings (SSSR count). The number of rotatable bonds is 5. The van der Waals surface area contributed by atoms with Gasteiger partial charge in [0, 0.05) is 29.7 Å². The molecule has 4 nitrogen and oxygen atoms in total. The maximum atomic E-state index is 13.1. The molecule has 1 aromatic rings. The van der Waals surface area contributed by atoms with Gasteiger partial charge in [0.25, 0.3) is 0 Å². The van der Waals surface area contributed by atoms with Gasteiger partial charge >= 0.3 is 0 Å². The van der Waals surface area contributed by atoms with Crippen LogP contribution < -0.4 is 4.90 Å². The Morgan fingerprint density at radius 1 is 1.27 bits per heavy atom. The van der Waals surface area contributed by atoms with Crippen LogP contribution in [0.1, 0.15) is 25.7 Å². The Morgan fingerprint density at radius 2 is 2.09 bits per heavy atom. The lowest BCUT2D eigenvalue weighted by Crippen LogP contribution is -2.42. The maximum absolute atomic E-state index is 13.1. The van der Waals surface area contributed by atoms with Gasteiger partial charge in [-0.25, -0.2) is 4.98 Å². The molecule has 2 aliphatic carbocycles. The van der Waals surface area contributed by atoms with Crippen LogP contribution in [-0.4, -0.2) is 43.0 Å². The SMILES string of the molecule is CN(C)CCN(C(=O)[C@@H]1C[C@H]2CC[C@H]1C2)c1ccc(Br)cn1. The summed E-state index contributed by atoms with van der Waals surface area (Å²) in [6, 6.07) is 3.89. The summed E-state index contributed by atoms with van der Waals surface area (Å²) in [6.45, 7) is 1.55. The van der Waals surface area contributed by atoms with Crippen LogP contribution in [0.2, 0.25) is 0 Å². The van der Waals surface area contributed by atoms with E-state index in [0.717, 1.165) is 29.2 Å². The van der Waals surface area contributed by atoms with E-state index in [1.807, 2.05) is 31.1 Å². The lowest BCUT2D eigenvalue weighted by Gasteiger charge is -2.29. The topological polar surface area (TPSA) is 36.4 Å². The molecule has 22 heavy (non-hydrogen) atoms. The number of carbonyl (C=O) groups excluding carboxylic acids is 1. The van der Waals surface area contributed by atoms with Crippen molar-refractivity contribution < 1.29 is 4.79 Å². The van der Waals surface area contributed by atoms with Gasteiger partial charge in [-0.1, -0.05) is 6.42 Å². The third kappa shape index (κ3) is 3.35. The van der Waals surface area contributed by atoms with E-state index in [-0.39, 0.29) is 11.8 Å². The Hall–Kier alpha value is -0.940. The number of halogens is 1. The first-order chi connectivity index (χ1) is 10.5. The van der Waals surface area contributed by atoms with Crippen molar-refractivity contribution in [2.24, 2.45) is 17.8 Å².